The number of carbonyl (C=O) groups is 1. The zero-order valence-corrected chi connectivity index (χ0v) is 9.76. The van der Waals surface area contributed by atoms with Crippen LogP contribution >= 0.6 is 11.8 Å². The van der Waals surface area contributed by atoms with Crippen molar-refractivity contribution in [1.29, 1.82) is 0 Å². The van der Waals surface area contributed by atoms with Gasteiger partial charge in [-0.3, -0.25) is 0 Å². The van der Waals surface area contributed by atoms with Crippen LogP contribution in [0.5, 0.6) is 0 Å². The van der Waals surface area contributed by atoms with Crippen molar-refractivity contribution in [3.05, 3.63) is 29.3 Å². The molecule has 0 amide bonds. The van der Waals surface area contributed by atoms with Gasteiger partial charge in [0.2, 0.25) is 0 Å². The lowest BCUT2D eigenvalue weighted by Crippen LogP contribution is -2.07. The largest absolute Gasteiger partial charge is 0.465 e. The second-order valence-electron chi connectivity index (χ2n) is 3.78. The summed E-state index contributed by atoms with van der Waals surface area (Å²) in [6, 6.07) is 5.85. The maximum absolute atomic E-state index is 11.3. The van der Waals surface area contributed by atoms with Crippen molar-refractivity contribution in [3.63, 3.8) is 0 Å². The molecule has 0 fully saturated rings. The first-order valence-electron chi connectivity index (χ1n) is 5.07. The number of thioether (sulfide) groups is 1. The smallest absolute Gasteiger partial charge is 0.337 e. The lowest BCUT2D eigenvalue weighted by atomic mass is 9.97. The highest BCUT2D eigenvalue weighted by Crippen LogP contribution is 2.37. The Bertz CT molecular complexity index is 387. The van der Waals surface area contributed by atoms with E-state index >= 15 is 0 Å². The number of hydrogen-bond donors (Lipinski definition) is 0. The van der Waals surface area contributed by atoms with Crippen LogP contribution in [0.15, 0.2) is 23.1 Å². The van der Waals surface area contributed by atoms with Gasteiger partial charge in [-0.15, -0.1) is 11.8 Å². The molecule has 0 aromatic heterocycles. The Balaban J connectivity index is 2.37. The van der Waals surface area contributed by atoms with E-state index in [1.165, 1.54) is 24.0 Å². The molecular weight excluding hydrogens is 208 g/mol. The van der Waals surface area contributed by atoms with Crippen LogP contribution < -0.4 is 0 Å². The third kappa shape index (κ3) is 2.02. The maximum Gasteiger partial charge on any atom is 0.337 e. The molecule has 1 heterocycles. The van der Waals surface area contributed by atoms with Crippen molar-refractivity contribution in [2.45, 2.75) is 24.2 Å². The standard InChI is InChI=1S/C12H14O2S/c1-8-5-6-15-11-7-9(12(13)14-2)3-4-10(8)11/h3-4,7-8H,5-6H2,1-2H3. The molecule has 0 N–H and O–H groups in total. The Labute approximate surface area is 94.0 Å². The molecule has 1 aliphatic rings. The van der Waals surface area contributed by atoms with Crippen molar-refractivity contribution in [1.82, 2.24) is 0 Å². The van der Waals surface area contributed by atoms with Crippen molar-refractivity contribution in [3.8, 4) is 0 Å². The van der Waals surface area contributed by atoms with Gasteiger partial charge in [0.25, 0.3) is 0 Å². The zero-order valence-electron chi connectivity index (χ0n) is 8.95. The van der Waals surface area contributed by atoms with E-state index in [1.807, 2.05) is 23.9 Å². The average molecular weight is 222 g/mol. The number of carbonyl (C=O) groups excluding carboxylic acids is 1. The van der Waals surface area contributed by atoms with E-state index in [4.69, 9.17) is 4.74 Å². The molecular formula is C12H14O2S. The Kier molecular flexibility index (Phi) is 3.00. The Morgan fingerprint density at radius 1 is 1.53 bits per heavy atom. The molecule has 1 aromatic rings. The fourth-order valence-corrected chi connectivity index (χ4v) is 3.15. The predicted molar refractivity (Wildman–Crippen MR) is 61.5 cm³/mol. The summed E-state index contributed by atoms with van der Waals surface area (Å²) >= 11 is 1.83. The van der Waals surface area contributed by atoms with Gasteiger partial charge in [0.05, 0.1) is 12.7 Å². The average Bonchev–Trinajstić information content (AvgIpc) is 2.28. The van der Waals surface area contributed by atoms with Crippen molar-refractivity contribution in [2.75, 3.05) is 12.9 Å². The van der Waals surface area contributed by atoms with Gasteiger partial charge >= 0.3 is 5.97 Å². The highest BCUT2D eigenvalue weighted by molar-refractivity contribution is 7.99. The van der Waals surface area contributed by atoms with Crippen LogP contribution in [-0.2, 0) is 4.74 Å². The molecule has 15 heavy (non-hydrogen) atoms. The molecule has 1 aliphatic heterocycles. The summed E-state index contributed by atoms with van der Waals surface area (Å²) in [7, 11) is 1.41. The molecule has 0 saturated heterocycles. The van der Waals surface area contributed by atoms with Gasteiger partial charge in [-0.25, -0.2) is 4.79 Å². The summed E-state index contributed by atoms with van der Waals surface area (Å²) < 4.78 is 4.71. The van der Waals surface area contributed by atoms with E-state index < -0.39 is 0 Å². The molecule has 2 rings (SSSR count). The molecule has 80 valence electrons. The second-order valence-corrected chi connectivity index (χ2v) is 4.92. The van der Waals surface area contributed by atoms with Crippen LogP contribution in [0.1, 0.15) is 35.2 Å². The third-order valence-corrected chi connectivity index (χ3v) is 3.88. The molecule has 3 heteroatoms. The van der Waals surface area contributed by atoms with E-state index in [9.17, 15) is 4.79 Å². The lowest BCUT2D eigenvalue weighted by Gasteiger charge is -2.21. The third-order valence-electron chi connectivity index (χ3n) is 2.77. The minimum absolute atomic E-state index is 0.253. The molecule has 0 radical (unpaired) electrons. The molecule has 0 saturated carbocycles. The topological polar surface area (TPSA) is 26.3 Å². The zero-order chi connectivity index (χ0) is 10.8. The minimum Gasteiger partial charge on any atom is -0.465 e. The molecule has 2 nitrogen and oxygen atoms in total. The summed E-state index contributed by atoms with van der Waals surface area (Å²) in [5, 5.41) is 0. The van der Waals surface area contributed by atoms with Crippen LogP contribution in [0.2, 0.25) is 0 Å². The van der Waals surface area contributed by atoms with Crippen molar-refractivity contribution < 1.29 is 9.53 Å². The van der Waals surface area contributed by atoms with E-state index in [1.54, 1.807) is 0 Å². The Morgan fingerprint density at radius 3 is 3.07 bits per heavy atom. The van der Waals surface area contributed by atoms with Gasteiger partial charge in [-0.2, -0.15) is 0 Å². The van der Waals surface area contributed by atoms with Gasteiger partial charge in [0, 0.05) is 4.90 Å². The number of esters is 1. The highest BCUT2D eigenvalue weighted by Gasteiger charge is 2.18. The van der Waals surface area contributed by atoms with E-state index in [2.05, 4.69) is 13.0 Å². The minimum atomic E-state index is -0.253. The van der Waals surface area contributed by atoms with E-state index in [-0.39, 0.29) is 5.97 Å². The van der Waals surface area contributed by atoms with Gasteiger partial charge < -0.3 is 4.74 Å². The number of fused-ring (bicyclic) bond motifs is 1. The maximum atomic E-state index is 11.3. The molecule has 1 atom stereocenters. The van der Waals surface area contributed by atoms with Gasteiger partial charge in [-0.05, 0) is 35.8 Å². The number of ether oxygens (including phenoxy) is 1. The van der Waals surface area contributed by atoms with E-state index in [0.717, 1.165) is 5.75 Å². The van der Waals surface area contributed by atoms with Gasteiger partial charge in [0.15, 0.2) is 0 Å². The normalized spacial score (nSPS) is 19.5. The molecule has 1 unspecified atom stereocenters. The molecule has 0 bridgehead atoms. The Hall–Kier alpha value is -0.960. The van der Waals surface area contributed by atoms with Crippen molar-refractivity contribution in [2.24, 2.45) is 0 Å². The quantitative estimate of drug-likeness (QED) is 0.683. The molecule has 1 aromatic carbocycles. The summed E-state index contributed by atoms with van der Waals surface area (Å²) in [6.45, 7) is 2.23. The van der Waals surface area contributed by atoms with Crippen LogP contribution in [-0.4, -0.2) is 18.8 Å². The summed E-state index contributed by atoms with van der Waals surface area (Å²) in [4.78, 5) is 12.6. The highest BCUT2D eigenvalue weighted by atomic mass is 32.2. The number of hydrogen-bond acceptors (Lipinski definition) is 3. The first kappa shape index (κ1) is 10.6. The number of methoxy groups -OCH3 is 1. The number of rotatable bonds is 1. The predicted octanol–water partition coefficient (Wildman–Crippen LogP) is 3.07. The fraction of sp³-hybridized carbons (Fsp3) is 0.417. The summed E-state index contributed by atoms with van der Waals surface area (Å²) in [5.74, 6) is 1.49. The molecule has 0 aliphatic carbocycles. The van der Waals surface area contributed by atoms with Crippen LogP contribution in [0, 0.1) is 0 Å². The second kappa shape index (κ2) is 4.27. The first-order valence-corrected chi connectivity index (χ1v) is 6.06. The van der Waals surface area contributed by atoms with Crippen LogP contribution in [0.4, 0.5) is 0 Å². The first-order chi connectivity index (χ1) is 7.22. The SMILES string of the molecule is COC(=O)c1ccc2c(c1)SCCC2C. The lowest BCUT2D eigenvalue weighted by molar-refractivity contribution is 0.0600. The summed E-state index contributed by atoms with van der Waals surface area (Å²) in [6.07, 6.45) is 1.22. The monoisotopic (exact) mass is 222 g/mol. The molecule has 0 spiro atoms. The van der Waals surface area contributed by atoms with Gasteiger partial charge in [-0.1, -0.05) is 13.0 Å². The fourth-order valence-electron chi connectivity index (χ4n) is 1.81. The number of benzene rings is 1. The Morgan fingerprint density at radius 2 is 2.33 bits per heavy atom. The summed E-state index contributed by atoms with van der Waals surface area (Å²) in [5.41, 5.74) is 2.01. The van der Waals surface area contributed by atoms with Crippen LogP contribution in [0.3, 0.4) is 0 Å². The van der Waals surface area contributed by atoms with Gasteiger partial charge in [0.1, 0.15) is 0 Å². The van der Waals surface area contributed by atoms with E-state index in [0.29, 0.717) is 11.5 Å². The van der Waals surface area contributed by atoms with Crippen LogP contribution in [0.25, 0.3) is 0 Å². The van der Waals surface area contributed by atoms with Crippen molar-refractivity contribution >= 4 is 17.7 Å².